The molecule has 0 amide bonds. The maximum absolute atomic E-state index is 12.2. The van der Waals surface area contributed by atoms with Gasteiger partial charge in [0.15, 0.2) is 15.7 Å². The Kier molecular flexibility index (Phi) is 4.46. The van der Waals surface area contributed by atoms with Gasteiger partial charge in [-0.2, -0.15) is 4.98 Å². The summed E-state index contributed by atoms with van der Waals surface area (Å²) >= 11 is 0. The molecule has 0 radical (unpaired) electrons. The summed E-state index contributed by atoms with van der Waals surface area (Å²) in [5, 5.41) is 7.48. The lowest BCUT2D eigenvalue weighted by Crippen LogP contribution is -2.10. The van der Waals surface area contributed by atoms with Crippen molar-refractivity contribution < 1.29 is 17.5 Å². The van der Waals surface area contributed by atoms with Crippen LogP contribution in [0.1, 0.15) is 42.6 Å². The van der Waals surface area contributed by atoms with E-state index < -0.39 is 9.84 Å². The van der Waals surface area contributed by atoms with Crippen LogP contribution < -0.4 is 0 Å². The Morgan fingerprint density at radius 2 is 1.81 bits per heavy atom. The SMILES string of the molecule is Cc1noc(C)c1CS(=O)(=O)Cc1noc(CC(C)C)n1. The number of sulfone groups is 1. The van der Waals surface area contributed by atoms with Gasteiger partial charge in [-0.3, -0.25) is 0 Å². The molecule has 0 N–H and O–H groups in total. The third-order valence-electron chi connectivity index (χ3n) is 2.99. The summed E-state index contributed by atoms with van der Waals surface area (Å²) in [5.41, 5.74) is 1.19. The number of aryl methyl sites for hydroxylation is 2. The zero-order valence-electron chi connectivity index (χ0n) is 12.6. The molecular formula is C13H19N3O4S. The predicted octanol–water partition coefficient (Wildman–Crippen LogP) is 1.99. The highest BCUT2D eigenvalue weighted by Crippen LogP contribution is 2.18. The van der Waals surface area contributed by atoms with Crippen LogP contribution in [0.25, 0.3) is 0 Å². The van der Waals surface area contributed by atoms with E-state index in [4.69, 9.17) is 9.05 Å². The number of rotatable bonds is 6. The van der Waals surface area contributed by atoms with E-state index in [9.17, 15) is 8.42 Å². The lowest BCUT2D eigenvalue weighted by molar-refractivity contribution is 0.359. The fourth-order valence-electron chi connectivity index (χ4n) is 1.96. The normalized spacial score (nSPS) is 12.2. The molecule has 0 atom stereocenters. The smallest absolute Gasteiger partial charge is 0.226 e. The summed E-state index contributed by atoms with van der Waals surface area (Å²) < 4.78 is 34.4. The summed E-state index contributed by atoms with van der Waals surface area (Å²) in [4.78, 5) is 4.11. The van der Waals surface area contributed by atoms with Gasteiger partial charge in [-0.05, 0) is 19.8 Å². The summed E-state index contributed by atoms with van der Waals surface area (Å²) in [7, 11) is -3.40. The predicted molar refractivity (Wildman–Crippen MR) is 75.1 cm³/mol. The van der Waals surface area contributed by atoms with Crippen LogP contribution in [0.5, 0.6) is 0 Å². The van der Waals surface area contributed by atoms with E-state index in [2.05, 4.69) is 15.3 Å². The maximum Gasteiger partial charge on any atom is 0.226 e. The van der Waals surface area contributed by atoms with Crippen molar-refractivity contribution in [1.29, 1.82) is 0 Å². The molecular weight excluding hydrogens is 294 g/mol. The molecule has 0 bridgehead atoms. The molecule has 21 heavy (non-hydrogen) atoms. The van der Waals surface area contributed by atoms with Crippen LogP contribution in [0.3, 0.4) is 0 Å². The molecule has 0 fully saturated rings. The van der Waals surface area contributed by atoms with Crippen molar-refractivity contribution in [1.82, 2.24) is 15.3 Å². The Bertz CT molecular complexity index is 696. The van der Waals surface area contributed by atoms with Gasteiger partial charge in [0.25, 0.3) is 0 Å². The molecule has 7 nitrogen and oxygen atoms in total. The summed E-state index contributed by atoms with van der Waals surface area (Å²) in [5.74, 6) is 1.16. The average molecular weight is 313 g/mol. The van der Waals surface area contributed by atoms with Gasteiger partial charge < -0.3 is 9.05 Å². The van der Waals surface area contributed by atoms with Crippen LogP contribution >= 0.6 is 0 Å². The first-order valence-electron chi connectivity index (χ1n) is 6.70. The van der Waals surface area contributed by atoms with Crippen molar-refractivity contribution in [3.63, 3.8) is 0 Å². The molecule has 0 saturated heterocycles. The molecule has 0 spiro atoms. The number of hydrogen-bond acceptors (Lipinski definition) is 7. The molecule has 0 aliphatic carbocycles. The molecule has 0 aliphatic heterocycles. The minimum atomic E-state index is -3.40. The average Bonchev–Trinajstić information content (AvgIpc) is 2.89. The van der Waals surface area contributed by atoms with Gasteiger partial charge in [0.1, 0.15) is 11.5 Å². The highest BCUT2D eigenvalue weighted by atomic mass is 32.2. The molecule has 0 aromatic carbocycles. The van der Waals surface area contributed by atoms with Crippen LogP contribution in [0.2, 0.25) is 0 Å². The molecule has 8 heteroatoms. The van der Waals surface area contributed by atoms with Gasteiger partial charge in [-0.15, -0.1) is 0 Å². The van der Waals surface area contributed by atoms with Gasteiger partial charge in [0, 0.05) is 12.0 Å². The standard InChI is InChI=1S/C13H19N3O4S/c1-8(2)5-13-14-12(16-20-13)7-21(17,18)6-11-9(3)15-19-10(11)4/h8H,5-7H2,1-4H3. The van der Waals surface area contributed by atoms with E-state index in [-0.39, 0.29) is 17.3 Å². The first kappa shape index (κ1) is 15.7. The fourth-order valence-corrected chi connectivity index (χ4v) is 3.42. The maximum atomic E-state index is 12.2. The molecule has 2 rings (SSSR count). The van der Waals surface area contributed by atoms with E-state index in [0.717, 1.165) is 0 Å². The highest BCUT2D eigenvalue weighted by molar-refractivity contribution is 7.89. The number of aromatic nitrogens is 3. The van der Waals surface area contributed by atoms with E-state index >= 15 is 0 Å². The lowest BCUT2D eigenvalue weighted by Gasteiger charge is -2.01. The third-order valence-corrected chi connectivity index (χ3v) is 4.41. The lowest BCUT2D eigenvalue weighted by atomic mass is 10.1. The first-order chi connectivity index (χ1) is 9.77. The second-order valence-corrected chi connectivity index (χ2v) is 7.60. The molecule has 0 saturated carbocycles. The van der Waals surface area contributed by atoms with Crippen molar-refractivity contribution >= 4 is 9.84 Å². The Hall–Kier alpha value is -1.70. The number of nitrogens with zero attached hydrogens (tertiary/aromatic N) is 3. The zero-order valence-corrected chi connectivity index (χ0v) is 13.4. The largest absolute Gasteiger partial charge is 0.361 e. The molecule has 116 valence electrons. The Morgan fingerprint density at radius 1 is 1.10 bits per heavy atom. The van der Waals surface area contributed by atoms with E-state index in [0.29, 0.717) is 35.2 Å². The van der Waals surface area contributed by atoms with E-state index in [1.807, 2.05) is 13.8 Å². The highest BCUT2D eigenvalue weighted by Gasteiger charge is 2.22. The van der Waals surface area contributed by atoms with Crippen molar-refractivity contribution in [3.8, 4) is 0 Å². The van der Waals surface area contributed by atoms with E-state index in [1.54, 1.807) is 13.8 Å². The van der Waals surface area contributed by atoms with Crippen LogP contribution in [0.4, 0.5) is 0 Å². The van der Waals surface area contributed by atoms with Crippen molar-refractivity contribution in [2.45, 2.75) is 45.6 Å². The van der Waals surface area contributed by atoms with Gasteiger partial charge in [-0.1, -0.05) is 24.2 Å². The molecule has 0 unspecified atom stereocenters. The fraction of sp³-hybridized carbons (Fsp3) is 0.615. The monoisotopic (exact) mass is 313 g/mol. The van der Waals surface area contributed by atoms with Crippen LogP contribution in [0.15, 0.2) is 9.05 Å². The molecule has 2 heterocycles. The topological polar surface area (TPSA) is 99.1 Å². The Balaban J connectivity index is 2.09. The second kappa shape index (κ2) is 5.97. The van der Waals surface area contributed by atoms with Crippen molar-refractivity contribution in [2.24, 2.45) is 5.92 Å². The van der Waals surface area contributed by atoms with Gasteiger partial charge in [0.2, 0.25) is 5.89 Å². The summed E-state index contributed by atoms with van der Waals surface area (Å²) in [6.45, 7) is 7.46. The van der Waals surface area contributed by atoms with Gasteiger partial charge in [-0.25, -0.2) is 8.42 Å². The summed E-state index contributed by atoms with van der Waals surface area (Å²) in [6.07, 6.45) is 0.636. The van der Waals surface area contributed by atoms with Gasteiger partial charge >= 0.3 is 0 Å². The Labute approximate surface area is 123 Å². The quantitative estimate of drug-likeness (QED) is 0.804. The van der Waals surface area contributed by atoms with Crippen molar-refractivity contribution in [2.75, 3.05) is 0 Å². The Morgan fingerprint density at radius 3 is 2.38 bits per heavy atom. The van der Waals surface area contributed by atoms with Gasteiger partial charge in [0.05, 0.1) is 11.4 Å². The first-order valence-corrected chi connectivity index (χ1v) is 8.52. The van der Waals surface area contributed by atoms with Crippen molar-refractivity contribution in [3.05, 3.63) is 28.7 Å². The van der Waals surface area contributed by atoms with E-state index in [1.165, 1.54) is 0 Å². The van der Waals surface area contributed by atoms with Crippen LogP contribution in [-0.4, -0.2) is 23.7 Å². The molecule has 0 aliphatic rings. The zero-order chi connectivity index (χ0) is 15.6. The van der Waals surface area contributed by atoms with Crippen LogP contribution in [-0.2, 0) is 27.8 Å². The minimum Gasteiger partial charge on any atom is -0.361 e. The second-order valence-electron chi connectivity index (χ2n) is 5.54. The number of hydrogen-bond donors (Lipinski definition) is 0. The molecule has 2 aromatic heterocycles. The minimum absolute atomic E-state index is 0.137. The van der Waals surface area contributed by atoms with Crippen LogP contribution in [0, 0.1) is 19.8 Å². The molecule has 2 aromatic rings. The summed E-state index contributed by atoms with van der Waals surface area (Å²) in [6, 6.07) is 0. The third kappa shape index (κ3) is 4.13.